The topological polar surface area (TPSA) is 182 Å². The number of anilines is 1. The van der Waals surface area contributed by atoms with E-state index in [9.17, 15) is 28.8 Å². The van der Waals surface area contributed by atoms with E-state index in [-0.39, 0.29) is 12.3 Å². The summed E-state index contributed by atoms with van der Waals surface area (Å²) in [5.74, 6) is -4.13. The Morgan fingerprint density at radius 1 is 0.732 bits per heavy atom. The summed E-state index contributed by atoms with van der Waals surface area (Å²) in [6, 6.07) is 9.12. The van der Waals surface area contributed by atoms with Crippen LogP contribution in [0.25, 0.3) is 0 Å². The second-order valence-corrected chi connectivity index (χ2v) is 9.14. The maximum absolute atomic E-state index is 12.4. The first-order chi connectivity index (χ1) is 19.5. The van der Waals surface area contributed by atoms with Crippen molar-refractivity contribution < 1.29 is 57.3 Å². The van der Waals surface area contributed by atoms with Crippen molar-refractivity contribution in [1.82, 2.24) is 5.48 Å². The normalized spacial score (nSPS) is 21.6. The molecule has 0 bridgehead atoms. The van der Waals surface area contributed by atoms with Gasteiger partial charge in [-0.15, -0.1) is 0 Å². The van der Waals surface area contributed by atoms with Crippen LogP contribution < -0.4 is 10.8 Å². The Bertz CT molecular complexity index is 1060. The Morgan fingerprint density at radius 2 is 1.27 bits per heavy atom. The lowest BCUT2D eigenvalue weighted by Gasteiger charge is -2.42. The number of methoxy groups -OCH3 is 1. The van der Waals surface area contributed by atoms with Gasteiger partial charge in [-0.25, -0.2) is 15.1 Å². The fourth-order valence-corrected chi connectivity index (χ4v) is 4.02. The maximum atomic E-state index is 12.4. The molecule has 1 aliphatic rings. The van der Waals surface area contributed by atoms with Gasteiger partial charge < -0.3 is 29.0 Å². The Labute approximate surface area is 237 Å². The number of hydroxylamine groups is 1. The average molecular weight is 581 g/mol. The van der Waals surface area contributed by atoms with E-state index in [0.717, 1.165) is 40.0 Å². The molecule has 1 fully saturated rings. The highest BCUT2D eigenvalue weighted by molar-refractivity contribution is 5.90. The van der Waals surface area contributed by atoms with Crippen LogP contribution in [-0.4, -0.2) is 73.5 Å². The van der Waals surface area contributed by atoms with E-state index in [1.54, 1.807) is 12.1 Å². The lowest BCUT2D eigenvalue weighted by Crippen LogP contribution is -2.64. The molecule has 0 unspecified atom stereocenters. The van der Waals surface area contributed by atoms with E-state index in [1.165, 1.54) is 0 Å². The second-order valence-electron chi connectivity index (χ2n) is 9.14. The summed E-state index contributed by atoms with van der Waals surface area (Å²) in [5.41, 5.74) is 2.91. The van der Waals surface area contributed by atoms with Crippen molar-refractivity contribution in [2.24, 2.45) is 0 Å². The number of hydrogen-bond donors (Lipinski definition) is 2. The third-order valence-corrected chi connectivity index (χ3v) is 5.74. The van der Waals surface area contributed by atoms with Gasteiger partial charge in [-0.3, -0.25) is 24.0 Å². The van der Waals surface area contributed by atoms with Gasteiger partial charge in [-0.1, -0.05) is 31.0 Å². The van der Waals surface area contributed by atoms with Crippen molar-refractivity contribution in [1.29, 1.82) is 0 Å². The van der Waals surface area contributed by atoms with Crippen LogP contribution in [0, 0.1) is 0 Å². The minimum absolute atomic E-state index is 0.0606. The average Bonchev–Trinajstić information content (AvgIpc) is 2.91. The third kappa shape index (κ3) is 11.5. The summed E-state index contributed by atoms with van der Waals surface area (Å²) in [7, 11) is 1.06. The molecule has 0 aromatic heterocycles. The van der Waals surface area contributed by atoms with Crippen LogP contribution >= 0.6 is 0 Å². The fourth-order valence-electron chi connectivity index (χ4n) is 4.02. The number of hydrogen-bond acceptors (Lipinski definition) is 12. The molecule has 226 valence electrons. The third-order valence-electron chi connectivity index (χ3n) is 5.74. The number of carbonyl (C=O) groups excluding carboxylic acids is 6. The second kappa shape index (κ2) is 16.9. The van der Waals surface area contributed by atoms with Gasteiger partial charge in [0, 0.05) is 39.3 Å². The van der Waals surface area contributed by atoms with E-state index in [1.807, 2.05) is 18.2 Å². The van der Waals surface area contributed by atoms with Gasteiger partial charge in [0.2, 0.25) is 18.1 Å². The van der Waals surface area contributed by atoms with Crippen LogP contribution in [-0.2, 0) is 57.3 Å². The Kier molecular flexibility index (Phi) is 13.7. The van der Waals surface area contributed by atoms with Gasteiger partial charge in [0.05, 0.1) is 7.11 Å². The molecule has 0 spiro atoms. The van der Waals surface area contributed by atoms with Gasteiger partial charge >= 0.3 is 23.9 Å². The number of rotatable bonds is 14. The zero-order valence-electron chi connectivity index (χ0n) is 23.4. The van der Waals surface area contributed by atoms with E-state index < -0.39 is 60.5 Å². The molecule has 5 atom stereocenters. The number of para-hydroxylation sites is 1. The van der Waals surface area contributed by atoms with Crippen molar-refractivity contribution >= 4 is 41.4 Å². The number of nitrogens with one attached hydrogen (secondary N) is 2. The van der Waals surface area contributed by atoms with Crippen LogP contribution in [0.3, 0.4) is 0 Å². The van der Waals surface area contributed by atoms with E-state index in [2.05, 4.69) is 10.8 Å². The lowest BCUT2D eigenvalue weighted by molar-refractivity contribution is -0.312. The first-order valence-electron chi connectivity index (χ1n) is 13.1. The molecule has 2 N–H and O–H groups in total. The van der Waals surface area contributed by atoms with Crippen LogP contribution in [0.4, 0.5) is 5.69 Å². The van der Waals surface area contributed by atoms with Crippen molar-refractivity contribution in [3.63, 3.8) is 0 Å². The smallest absolute Gasteiger partial charge is 0.339 e. The highest BCUT2D eigenvalue weighted by Crippen LogP contribution is 2.30. The molecule has 1 saturated heterocycles. The standard InChI is InChI=1S/C27H36N2O12/c1-16(30)37-22-23(38-17(2)31)25(39-18(3)32)27(40-24(22)26(35)36-4)41-29-21(34)15-11-6-5-10-14-20(33)28-19-12-8-7-9-13-19/h7-9,12-13,22-25,27H,5-6,10-11,14-15H2,1-4H3,(H,28,33)(H,29,34)/t22-,23-,24-,25+,27-/m0/s1. The summed E-state index contributed by atoms with van der Waals surface area (Å²) in [4.78, 5) is 77.5. The van der Waals surface area contributed by atoms with Crippen LogP contribution in [0.15, 0.2) is 30.3 Å². The Balaban J connectivity index is 1.91. The molecule has 1 aromatic carbocycles. The van der Waals surface area contributed by atoms with Crippen LogP contribution in [0.5, 0.6) is 0 Å². The number of benzene rings is 1. The molecule has 0 radical (unpaired) electrons. The molecular weight excluding hydrogens is 544 g/mol. The zero-order valence-corrected chi connectivity index (χ0v) is 23.4. The Hall–Kier alpha value is -4.04. The van der Waals surface area contributed by atoms with Gasteiger partial charge in [-0.05, 0) is 25.0 Å². The minimum atomic E-state index is -1.64. The number of unbranched alkanes of at least 4 members (excludes halogenated alkanes) is 3. The quantitative estimate of drug-likeness (QED) is 0.141. The molecule has 2 rings (SSSR count). The summed E-state index contributed by atoms with van der Waals surface area (Å²) < 4.78 is 25.9. The first-order valence-corrected chi connectivity index (χ1v) is 13.1. The van der Waals surface area contributed by atoms with Crippen molar-refractivity contribution in [2.75, 3.05) is 12.4 Å². The number of carbonyl (C=O) groups is 6. The van der Waals surface area contributed by atoms with E-state index in [0.29, 0.717) is 25.7 Å². The first kappa shape index (κ1) is 33.2. The number of amides is 2. The van der Waals surface area contributed by atoms with Crippen molar-refractivity contribution in [2.45, 2.75) is 90.0 Å². The van der Waals surface area contributed by atoms with Crippen LogP contribution in [0.1, 0.15) is 59.3 Å². The zero-order chi connectivity index (χ0) is 30.4. The molecule has 14 heteroatoms. The van der Waals surface area contributed by atoms with E-state index in [4.69, 9.17) is 28.5 Å². The molecule has 1 aliphatic heterocycles. The highest BCUT2D eigenvalue weighted by atomic mass is 16.8. The summed E-state index contributed by atoms with van der Waals surface area (Å²) in [6.07, 6.45) is -4.93. The van der Waals surface area contributed by atoms with Gasteiger partial charge in [-0.2, -0.15) is 0 Å². The number of ether oxygens (including phenoxy) is 5. The molecule has 0 aliphatic carbocycles. The minimum Gasteiger partial charge on any atom is -0.467 e. The molecular formula is C27H36N2O12. The van der Waals surface area contributed by atoms with Crippen LogP contribution in [0.2, 0.25) is 0 Å². The maximum Gasteiger partial charge on any atom is 0.339 e. The number of esters is 4. The molecule has 41 heavy (non-hydrogen) atoms. The highest BCUT2D eigenvalue weighted by Gasteiger charge is 2.55. The molecule has 1 heterocycles. The monoisotopic (exact) mass is 580 g/mol. The van der Waals surface area contributed by atoms with E-state index >= 15 is 0 Å². The van der Waals surface area contributed by atoms with Crippen molar-refractivity contribution in [3.8, 4) is 0 Å². The molecule has 2 amide bonds. The Morgan fingerprint density at radius 3 is 1.83 bits per heavy atom. The predicted octanol–water partition coefficient (Wildman–Crippen LogP) is 1.71. The summed E-state index contributed by atoms with van der Waals surface area (Å²) in [6.45, 7) is 3.19. The van der Waals surface area contributed by atoms with Gasteiger partial charge in [0.1, 0.15) is 0 Å². The van der Waals surface area contributed by atoms with Gasteiger partial charge in [0.25, 0.3) is 0 Å². The molecule has 14 nitrogen and oxygen atoms in total. The SMILES string of the molecule is COC(=O)[C@H]1O[C@@H](ONC(=O)CCCCCCC(=O)Nc2ccccc2)[C@H](OC(C)=O)[C@@H](OC(C)=O)[C@@H]1OC(C)=O. The largest absolute Gasteiger partial charge is 0.467 e. The molecule has 0 saturated carbocycles. The summed E-state index contributed by atoms with van der Waals surface area (Å²) in [5, 5.41) is 2.81. The van der Waals surface area contributed by atoms with Crippen molar-refractivity contribution in [3.05, 3.63) is 30.3 Å². The lowest BCUT2D eigenvalue weighted by atomic mass is 9.98. The fraction of sp³-hybridized carbons (Fsp3) is 0.556. The van der Waals surface area contributed by atoms with Gasteiger partial charge in [0.15, 0.2) is 24.4 Å². The molecule has 1 aromatic rings. The predicted molar refractivity (Wildman–Crippen MR) is 139 cm³/mol. The summed E-state index contributed by atoms with van der Waals surface area (Å²) >= 11 is 0.